The molecule has 0 spiro atoms. The second kappa shape index (κ2) is 8.65. The predicted molar refractivity (Wildman–Crippen MR) is 102 cm³/mol. The molecule has 0 fully saturated rings. The normalized spacial score (nSPS) is 13.5. The Kier molecular flexibility index (Phi) is 6.79. The van der Waals surface area contributed by atoms with Crippen LogP contribution in [0.1, 0.15) is 23.2 Å². The van der Waals surface area contributed by atoms with Gasteiger partial charge in [-0.05, 0) is 26.3 Å². The number of hydrogen-bond donors (Lipinski definition) is 3. The molecule has 8 nitrogen and oxygen atoms in total. The molecule has 26 heavy (non-hydrogen) atoms. The summed E-state index contributed by atoms with van der Waals surface area (Å²) in [7, 11) is 1.27. The molecule has 2 aromatic rings. The number of ether oxygens (including phenoxy) is 1. The number of aryl methyl sites for hydroxylation is 2. The monoisotopic (exact) mass is 399 g/mol. The van der Waals surface area contributed by atoms with Gasteiger partial charge in [0.05, 0.1) is 22.9 Å². The van der Waals surface area contributed by atoms with E-state index in [2.05, 4.69) is 15.3 Å². The number of carbonyl (C=O) groups is 2. The van der Waals surface area contributed by atoms with Crippen molar-refractivity contribution < 1.29 is 19.4 Å². The lowest BCUT2D eigenvalue weighted by atomic mass is 10.2. The Labute approximate surface area is 158 Å². The number of carboxylic acids is 1. The number of H-pyrrole nitrogens is 1. The van der Waals surface area contributed by atoms with Gasteiger partial charge in [0.25, 0.3) is 5.56 Å². The smallest absolute Gasteiger partial charge is 0.334 e. The highest BCUT2D eigenvalue weighted by atomic mass is 32.2. The van der Waals surface area contributed by atoms with Gasteiger partial charge in [-0.25, -0.2) is 9.78 Å². The van der Waals surface area contributed by atoms with Crippen molar-refractivity contribution in [3.8, 4) is 0 Å². The number of fused-ring (bicyclic) bond motifs is 1. The lowest BCUT2D eigenvalue weighted by molar-refractivity contribution is -0.148. The van der Waals surface area contributed by atoms with Crippen molar-refractivity contribution in [1.29, 1.82) is 0 Å². The summed E-state index contributed by atoms with van der Waals surface area (Å²) in [6.45, 7) is 5.45. The molecule has 0 aliphatic rings. The third kappa shape index (κ3) is 4.63. The van der Waals surface area contributed by atoms with Gasteiger partial charge >= 0.3 is 5.97 Å². The van der Waals surface area contributed by atoms with Crippen LogP contribution in [0.15, 0.2) is 4.79 Å². The van der Waals surface area contributed by atoms with Crippen LogP contribution in [0.3, 0.4) is 0 Å². The van der Waals surface area contributed by atoms with Crippen LogP contribution in [0.25, 0.3) is 10.2 Å². The largest absolute Gasteiger partial charge is 0.479 e. The van der Waals surface area contributed by atoms with E-state index < -0.39 is 17.3 Å². The van der Waals surface area contributed by atoms with Crippen LogP contribution in [0.2, 0.25) is 0 Å². The van der Waals surface area contributed by atoms with Crippen molar-refractivity contribution >= 4 is 45.2 Å². The lowest BCUT2D eigenvalue weighted by Gasteiger charge is -2.14. The van der Waals surface area contributed by atoms with Crippen molar-refractivity contribution in [3.63, 3.8) is 0 Å². The van der Waals surface area contributed by atoms with Gasteiger partial charge in [-0.1, -0.05) is 0 Å². The van der Waals surface area contributed by atoms with Gasteiger partial charge < -0.3 is 20.1 Å². The summed E-state index contributed by atoms with van der Waals surface area (Å²) < 4.78 is 4.77. The number of aromatic amines is 1. The first-order chi connectivity index (χ1) is 12.2. The summed E-state index contributed by atoms with van der Waals surface area (Å²) in [6, 6.07) is 0. The topological polar surface area (TPSA) is 121 Å². The van der Waals surface area contributed by atoms with Crippen LogP contribution in [0.4, 0.5) is 0 Å². The van der Waals surface area contributed by atoms with E-state index in [4.69, 9.17) is 9.84 Å². The molecule has 3 N–H and O–H groups in total. The maximum Gasteiger partial charge on any atom is 0.334 e. The molecule has 0 aliphatic carbocycles. The summed E-state index contributed by atoms with van der Waals surface area (Å²) >= 11 is 2.78. The number of aromatic nitrogens is 2. The molecule has 2 rings (SSSR count). The van der Waals surface area contributed by atoms with Crippen LogP contribution in [0.5, 0.6) is 0 Å². The first-order valence-electron chi connectivity index (χ1n) is 7.88. The van der Waals surface area contributed by atoms with Gasteiger partial charge in [0.2, 0.25) is 5.91 Å². The van der Waals surface area contributed by atoms with E-state index >= 15 is 0 Å². The fourth-order valence-electron chi connectivity index (χ4n) is 2.26. The molecule has 2 atom stereocenters. The van der Waals surface area contributed by atoms with Crippen molar-refractivity contribution in [3.05, 3.63) is 26.6 Å². The summed E-state index contributed by atoms with van der Waals surface area (Å²) in [5, 5.41) is 11.6. The molecular weight excluding hydrogens is 378 g/mol. The van der Waals surface area contributed by atoms with Crippen molar-refractivity contribution in [2.75, 3.05) is 13.7 Å². The zero-order chi connectivity index (χ0) is 19.4. The van der Waals surface area contributed by atoms with Gasteiger partial charge in [-0.15, -0.1) is 23.1 Å². The number of nitrogens with one attached hydrogen (secondary N) is 2. The first-order valence-corrected chi connectivity index (χ1v) is 9.75. The number of thioether (sulfide) groups is 1. The quantitative estimate of drug-likeness (QED) is 0.614. The lowest BCUT2D eigenvalue weighted by Crippen LogP contribution is -2.40. The number of hydrogen-bond acceptors (Lipinski definition) is 7. The Balaban J connectivity index is 1.97. The average molecular weight is 399 g/mol. The molecule has 1 amide bonds. The standard InChI is InChI=1S/C16H21N3O5S2/c1-7-8(2)26-15-12(7)14(21)18-11(19-15)6-25-9(3)13(20)17-5-10(24-4)16(22)23/h9-10H,5-6H2,1-4H3,(H,17,20)(H,22,23)(H,18,19,21). The third-order valence-corrected chi connectivity index (χ3v) is 6.20. The highest BCUT2D eigenvalue weighted by Crippen LogP contribution is 2.26. The van der Waals surface area contributed by atoms with Crippen molar-refractivity contribution in [2.24, 2.45) is 0 Å². The summed E-state index contributed by atoms with van der Waals surface area (Å²) in [4.78, 5) is 44.2. The minimum absolute atomic E-state index is 0.107. The van der Waals surface area contributed by atoms with Gasteiger partial charge in [0.15, 0.2) is 6.10 Å². The average Bonchev–Trinajstić information content (AvgIpc) is 2.87. The van der Waals surface area contributed by atoms with Crippen LogP contribution in [0, 0.1) is 13.8 Å². The number of methoxy groups -OCH3 is 1. The Morgan fingerprint density at radius 2 is 2.12 bits per heavy atom. The number of amides is 1. The number of carbonyl (C=O) groups excluding carboxylic acids is 1. The number of thiophene rings is 1. The maximum absolute atomic E-state index is 12.2. The molecule has 2 aromatic heterocycles. The van der Waals surface area contributed by atoms with Crippen LogP contribution in [-0.4, -0.2) is 52.0 Å². The first kappa shape index (κ1) is 20.4. The molecule has 0 bridgehead atoms. The summed E-state index contributed by atoms with van der Waals surface area (Å²) in [6.07, 6.45) is -1.08. The number of carboxylic acid groups (broad SMARTS) is 1. The van der Waals surface area contributed by atoms with Crippen LogP contribution >= 0.6 is 23.1 Å². The molecule has 0 aromatic carbocycles. The molecule has 0 saturated heterocycles. The van der Waals surface area contributed by atoms with Crippen LogP contribution < -0.4 is 10.9 Å². The highest BCUT2D eigenvalue weighted by Gasteiger charge is 2.20. The van der Waals surface area contributed by atoms with Gasteiger partial charge in [-0.2, -0.15) is 0 Å². The Morgan fingerprint density at radius 1 is 1.42 bits per heavy atom. The highest BCUT2D eigenvalue weighted by molar-refractivity contribution is 7.99. The minimum Gasteiger partial charge on any atom is -0.479 e. The van der Waals surface area contributed by atoms with Crippen molar-refractivity contribution in [2.45, 2.75) is 37.9 Å². The van der Waals surface area contributed by atoms with Crippen molar-refractivity contribution in [1.82, 2.24) is 15.3 Å². The summed E-state index contributed by atoms with van der Waals surface area (Å²) in [5.41, 5.74) is 0.769. The number of aliphatic carboxylic acids is 1. The van der Waals surface area contributed by atoms with E-state index in [9.17, 15) is 14.4 Å². The molecular formula is C16H21N3O5S2. The van der Waals surface area contributed by atoms with E-state index in [0.717, 1.165) is 10.4 Å². The van der Waals surface area contributed by atoms with Gasteiger partial charge in [0, 0.05) is 12.0 Å². The summed E-state index contributed by atoms with van der Waals surface area (Å²) in [5.74, 6) is -0.564. The molecule has 2 heterocycles. The zero-order valence-corrected chi connectivity index (χ0v) is 16.5. The maximum atomic E-state index is 12.2. The number of rotatable bonds is 8. The predicted octanol–water partition coefficient (Wildman–Crippen LogP) is 1.44. The SMILES string of the molecule is COC(CNC(=O)C(C)SCc1nc2sc(C)c(C)c2c(=O)[nH]1)C(=O)O. The van der Waals surface area contributed by atoms with Gasteiger partial charge in [0.1, 0.15) is 10.7 Å². The minimum atomic E-state index is -1.13. The Hall–Kier alpha value is -1.91. The fraction of sp³-hybridized carbons (Fsp3) is 0.500. The second-order valence-electron chi connectivity index (χ2n) is 5.74. The molecule has 142 valence electrons. The van der Waals surface area contributed by atoms with E-state index in [0.29, 0.717) is 21.8 Å². The third-order valence-electron chi connectivity index (χ3n) is 3.95. The van der Waals surface area contributed by atoms with Crippen LogP contribution in [-0.2, 0) is 20.1 Å². The molecule has 0 aliphatic heterocycles. The van der Waals surface area contributed by atoms with E-state index in [1.165, 1.54) is 30.2 Å². The fourth-order valence-corrected chi connectivity index (χ4v) is 4.08. The van der Waals surface area contributed by atoms with Gasteiger partial charge in [-0.3, -0.25) is 9.59 Å². The van der Waals surface area contributed by atoms with E-state index in [1.54, 1.807) is 6.92 Å². The number of nitrogens with zero attached hydrogens (tertiary/aromatic N) is 1. The molecule has 2 unspecified atom stereocenters. The molecule has 10 heteroatoms. The van der Waals surface area contributed by atoms with E-state index in [-0.39, 0.29) is 18.0 Å². The zero-order valence-electron chi connectivity index (χ0n) is 14.9. The Bertz CT molecular complexity index is 877. The molecule has 0 saturated carbocycles. The Morgan fingerprint density at radius 3 is 2.73 bits per heavy atom. The molecule has 0 radical (unpaired) electrons. The van der Waals surface area contributed by atoms with E-state index in [1.807, 2.05) is 13.8 Å². The second-order valence-corrected chi connectivity index (χ2v) is 8.27.